The van der Waals surface area contributed by atoms with Crippen LogP contribution in [0, 0.1) is 0 Å². The fourth-order valence-corrected chi connectivity index (χ4v) is 3.97. The van der Waals surface area contributed by atoms with Gasteiger partial charge in [0.05, 0.1) is 4.90 Å². The molecule has 0 bridgehead atoms. The Labute approximate surface area is 118 Å². The van der Waals surface area contributed by atoms with E-state index in [9.17, 15) is 13.2 Å². The monoisotopic (exact) mass is 294 g/mol. The van der Waals surface area contributed by atoms with E-state index in [1.165, 1.54) is 5.56 Å². The van der Waals surface area contributed by atoms with Crippen LogP contribution < -0.4 is 10.0 Å². The molecule has 1 atom stereocenters. The predicted octanol–water partition coefficient (Wildman–Crippen LogP) is 0.732. The van der Waals surface area contributed by atoms with Gasteiger partial charge in [-0.1, -0.05) is 6.07 Å². The summed E-state index contributed by atoms with van der Waals surface area (Å²) >= 11 is 0. The molecule has 3 rings (SSSR count). The van der Waals surface area contributed by atoms with Gasteiger partial charge in [0.1, 0.15) is 0 Å². The van der Waals surface area contributed by atoms with E-state index in [-0.39, 0.29) is 18.5 Å². The van der Waals surface area contributed by atoms with Gasteiger partial charge < -0.3 is 5.32 Å². The molecule has 2 N–H and O–H groups in total. The lowest BCUT2D eigenvalue weighted by Gasteiger charge is -2.12. The molecule has 1 saturated heterocycles. The lowest BCUT2D eigenvalue weighted by molar-refractivity contribution is -0.119. The number of rotatable bonds is 4. The summed E-state index contributed by atoms with van der Waals surface area (Å²) in [6.07, 6.45) is 4.26. The standard InChI is InChI=1S/C14H18N2O3S/c17-14-7-5-12(16-14)9-15-20(18,19)13-6-4-10-2-1-3-11(10)8-13/h4,6,8,12,15H,1-3,5,7,9H2,(H,16,17). The number of carbonyl (C=O) groups is 1. The second kappa shape index (κ2) is 5.18. The van der Waals surface area contributed by atoms with Crippen molar-refractivity contribution in [1.82, 2.24) is 10.0 Å². The maximum Gasteiger partial charge on any atom is 0.240 e. The zero-order chi connectivity index (χ0) is 14.2. The topological polar surface area (TPSA) is 75.3 Å². The van der Waals surface area contributed by atoms with E-state index >= 15 is 0 Å². The summed E-state index contributed by atoms with van der Waals surface area (Å²) in [7, 11) is -3.49. The molecule has 1 aliphatic carbocycles. The second-order valence-electron chi connectivity index (χ2n) is 5.44. The normalized spacial score (nSPS) is 21.8. The van der Waals surface area contributed by atoms with E-state index < -0.39 is 10.0 Å². The van der Waals surface area contributed by atoms with Crippen LogP contribution >= 0.6 is 0 Å². The van der Waals surface area contributed by atoms with Gasteiger partial charge in [-0.25, -0.2) is 13.1 Å². The SMILES string of the molecule is O=C1CCC(CNS(=O)(=O)c2ccc3c(c2)CCC3)N1. The van der Waals surface area contributed by atoms with Crippen LogP contribution in [-0.4, -0.2) is 26.9 Å². The third kappa shape index (κ3) is 2.71. The maximum absolute atomic E-state index is 12.2. The molecule has 0 radical (unpaired) electrons. The average molecular weight is 294 g/mol. The lowest BCUT2D eigenvalue weighted by atomic mass is 10.1. The van der Waals surface area contributed by atoms with Crippen LogP contribution in [-0.2, 0) is 27.7 Å². The van der Waals surface area contributed by atoms with Crippen LogP contribution in [0.3, 0.4) is 0 Å². The van der Waals surface area contributed by atoms with Crippen LogP contribution in [0.2, 0.25) is 0 Å². The quantitative estimate of drug-likeness (QED) is 0.859. The predicted molar refractivity (Wildman–Crippen MR) is 74.8 cm³/mol. The first kappa shape index (κ1) is 13.6. The Morgan fingerprint density at radius 3 is 2.75 bits per heavy atom. The van der Waals surface area contributed by atoms with Crippen LogP contribution in [0.4, 0.5) is 0 Å². The molecule has 5 nitrogen and oxygen atoms in total. The minimum atomic E-state index is -3.49. The number of benzene rings is 1. The molecule has 0 saturated carbocycles. The number of carbonyl (C=O) groups excluding carboxylic acids is 1. The lowest BCUT2D eigenvalue weighted by Crippen LogP contribution is -2.38. The summed E-state index contributed by atoms with van der Waals surface area (Å²) in [6, 6.07) is 5.26. The van der Waals surface area contributed by atoms with E-state index in [1.54, 1.807) is 12.1 Å². The van der Waals surface area contributed by atoms with Crippen LogP contribution in [0.25, 0.3) is 0 Å². The van der Waals surface area contributed by atoms with Crippen LogP contribution in [0.1, 0.15) is 30.4 Å². The van der Waals surface area contributed by atoms with E-state index in [1.807, 2.05) is 6.07 Å². The fourth-order valence-electron chi connectivity index (χ4n) is 2.84. The third-order valence-electron chi connectivity index (χ3n) is 3.98. The zero-order valence-corrected chi connectivity index (χ0v) is 12.0. The van der Waals surface area contributed by atoms with Crippen LogP contribution in [0.5, 0.6) is 0 Å². The molecule has 1 unspecified atom stereocenters. The molecule has 20 heavy (non-hydrogen) atoms. The van der Waals surface area contributed by atoms with Crippen molar-refractivity contribution in [2.45, 2.75) is 43.0 Å². The molecule has 2 aliphatic rings. The smallest absolute Gasteiger partial charge is 0.240 e. The number of hydrogen-bond acceptors (Lipinski definition) is 3. The van der Waals surface area contributed by atoms with Crippen molar-refractivity contribution in [1.29, 1.82) is 0 Å². The number of amides is 1. The highest BCUT2D eigenvalue weighted by atomic mass is 32.2. The van der Waals surface area contributed by atoms with Crippen LogP contribution in [0.15, 0.2) is 23.1 Å². The van der Waals surface area contributed by atoms with Crippen molar-refractivity contribution in [3.63, 3.8) is 0 Å². The van der Waals surface area contributed by atoms with Gasteiger partial charge in [0, 0.05) is 19.0 Å². The van der Waals surface area contributed by atoms with Gasteiger partial charge in [-0.3, -0.25) is 4.79 Å². The molecule has 1 fully saturated rings. The first-order valence-corrected chi connectivity index (χ1v) is 8.44. The molecule has 0 spiro atoms. The number of fused-ring (bicyclic) bond motifs is 1. The summed E-state index contributed by atoms with van der Waals surface area (Å²) in [5.74, 6) is -0.00766. The van der Waals surface area contributed by atoms with E-state index in [0.717, 1.165) is 24.8 Å². The van der Waals surface area contributed by atoms with Gasteiger partial charge in [0.15, 0.2) is 0 Å². The molecule has 6 heteroatoms. The first-order valence-electron chi connectivity index (χ1n) is 6.95. The minimum Gasteiger partial charge on any atom is -0.352 e. The molecule has 0 aromatic heterocycles. The number of nitrogens with one attached hydrogen (secondary N) is 2. The highest BCUT2D eigenvalue weighted by Gasteiger charge is 2.24. The molecule has 1 aromatic carbocycles. The minimum absolute atomic E-state index is 0.00766. The van der Waals surface area contributed by atoms with Crippen molar-refractivity contribution < 1.29 is 13.2 Å². The Morgan fingerprint density at radius 1 is 1.20 bits per heavy atom. The largest absolute Gasteiger partial charge is 0.352 e. The number of hydrogen-bond donors (Lipinski definition) is 2. The van der Waals surface area contributed by atoms with E-state index in [4.69, 9.17) is 0 Å². The Morgan fingerprint density at radius 2 is 2.00 bits per heavy atom. The molecule has 1 aliphatic heterocycles. The summed E-state index contributed by atoms with van der Waals surface area (Å²) < 4.78 is 27.1. The highest BCUT2D eigenvalue weighted by Crippen LogP contribution is 2.24. The van der Waals surface area contributed by atoms with Gasteiger partial charge >= 0.3 is 0 Å². The Bertz CT molecular complexity index is 640. The summed E-state index contributed by atoms with van der Waals surface area (Å²) in [6.45, 7) is 0.255. The van der Waals surface area contributed by atoms with Gasteiger partial charge in [-0.15, -0.1) is 0 Å². The Balaban J connectivity index is 1.70. The van der Waals surface area contributed by atoms with Crippen molar-refractivity contribution >= 4 is 15.9 Å². The molecule has 108 valence electrons. The van der Waals surface area contributed by atoms with Gasteiger partial charge in [0.2, 0.25) is 15.9 Å². The van der Waals surface area contributed by atoms with E-state index in [2.05, 4.69) is 10.0 Å². The van der Waals surface area contributed by atoms with E-state index in [0.29, 0.717) is 17.7 Å². The van der Waals surface area contributed by atoms with Gasteiger partial charge in [-0.2, -0.15) is 0 Å². The molecular weight excluding hydrogens is 276 g/mol. The van der Waals surface area contributed by atoms with Crippen molar-refractivity contribution in [2.75, 3.05) is 6.54 Å². The summed E-state index contributed by atoms with van der Waals surface area (Å²) in [5.41, 5.74) is 2.40. The first-order chi connectivity index (χ1) is 9.54. The Hall–Kier alpha value is -1.40. The van der Waals surface area contributed by atoms with Crippen molar-refractivity contribution in [3.8, 4) is 0 Å². The van der Waals surface area contributed by atoms with Crippen molar-refractivity contribution in [2.24, 2.45) is 0 Å². The fraction of sp³-hybridized carbons (Fsp3) is 0.500. The highest BCUT2D eigenvalue weighted by molar-refractivity contribution is 7.89. The zero-order valence-electron chi connectivity index (χ0n) is 11.2. The molecule has 1 amide bonds. The molecule has 1 heterocycles. The van der Waals surface area contributed by atoms with Crippen molar-refractivity contribution in [3.05, 3.63) is 29.3 Å². The second-order valence-corrected chi connectivity index (χ2v) is 7.21. The molecule has 1 aromatic rings. The number of aryl methyl sites for hydroxylation is 2. The average Bonchev–Trinajstić information content (AvgIpc) is 3.04. The van der Waals surface area contributed by atoms with Gasteiger partial charge in [-0.05, 0) is 48.9 Å². The maximum atomic E-state index is 12.2. The third-order valence-corrected chi connectivity index (χ3v) is 5.41. The Kier molecular flexibility index (Phi) is 3.52. The molecular formula is C14H18N2O3S. The summed E-state index contributed by atoms with van der Waals surface area (Å²) in [4.78, 5) is 11.4. The summed E-state index contributed by atoms with van der Waals surface area (Å²) in [5, 5.41) is 2.75. The van der Waals surface area contributed by atoms with Gasteiger partial charge in [0.25, 0.3) is 0 Å². The number of sulfonamides is 1.